The van der Waals surface area contributed by atoms with E-state index in [1.165, 1.54) is 0 Å². The molecule has 0 amide bonds. The van der Waals surface area contributed by atoms with Crippen LogP contribution in [0.1, 0.15) is 16.9 Å². The SMILES string of the molecule is [2H]C([2H])([2H])c1nc2c(N3CCOCC3)nc(-n3cc(-c4ccccc4)c(OC)n3)nc2n1CC. The molecule has 0 aliphatic carbocycles. The second kappa shape index (κ2) is 7.99. The van der Waals surface area contributed by atoms with E-state index < -0.39 is 6.85 Å². The van der Waals surface area contributed by atoms with Gasteiger partial charge >= 0.3 is 0 Å². The lowest BCUT2D eigenvalue weighted by molar-refractivity contribution is 0.122. The topological polar surface area (TPSA) is 83.1 Å². The van der Waals surface area contributed by atoms with Gasteiger partial charge in [0.2, 0.25) is 5.88 Å². The van der Waals surface area contributed by atoms with Gasteiger partial charge in [-0.3, -0.25) is 0 Å². The van der Waals surface area contributed by atoms with Crippen molar-refractivity contribution in [3.63, 3.8) is 0 Å². The summed E-state index contributed by atoms with van der Waals surface area (Å²) in [4.78, 5) is 16.0. The number of aryl methyl sites for hydroxylation is 2. The molecule has 9 nitrogen and oxygen atoms in total. The number of methoxy groups -OCH3 is 1. The van der Waals surface area contributed by atoms with Crippen LogP contribution >= 0.6 is 0 Å². The molecule has 0 unspecified atom stereocenters. The summed E-state index contributed by atoms with van der Waals surface area (Å²) in [7, 11) is 1.57. The van der Waals surface area contributed by atoms with Crippen molar-refractivity contribution in [2.75, 3.05) is 38.3 Å². The van der Waals surface area contributed by atoms with Crippen LogP contribution in [0.25, 0.3) is 28.2 Å². The standard InChI is InChI=1S/C22H25N7O2/c1-4-28-15(2)23-18-19(27-10-12-31-13-11-27)24-22(25-20(18)28)29-14-17(21(26-29)30-3)16-8-6-5-7-9-16/h5-9,14H,4,10-13H2,1-3H3/i2D3. The van der Waals surface area contributed by atoms with Crippen LogP contribution in [0.2, 0.25) is 0 Å². The van der Waals surface area contributed by atoms with Crippen molar-refractivity contribution in [3.8, 4) is 23.0 Å². The Hall–Kier alpha value is -3.46. The maximum atomic E-state index is 7.97. The molecule has 5 rings (SSSR count). The quantitative estimate of drug-likeness (QED) is 0.489. The predicted octanol–water partition coefficient (Wildman–Crippen LogP) is 2.85. The van der Waals surface area contributed by atoms with Gasteiger partial charge in [-0.15, -0.1) is 5.10 Å². The number of imidazole rings is 1. The zero-order chi connectivity index (χ0) is 23.9. The highest BCUT2D eigenvalue weighted by Crippen LogP contribution is 2.31. The Morgan fingerprint density at radius 3 is 2.65 bits per heavy atom. The van der Waals surface area contributed by atoms with E-state index in [4.69, 9.17) is 23.6 Å². The molecule has 4 aromatic rings. The van der Waals surface area contributed by atoms with Gasteiger partial charge in [0.05, 0.1) is 25.9 Å². The fourth-order valence-corrected chi connectivity index (χ4v) is 3.80. The Morgan fingerprint density at radius 2 is 1.94 bits per heavy atom. The van der Waals surface area contributed by atoms with Gasteiger partial charge in [0, 0.05) is 29.9 Å². The molecule has 0 N–H and O–H groups in total. The van der Waals surface area contributed by atoms with E-state index in [0.717, 1.165) is 11.1 Å². The van der Waals surface area contributed by atoms with E-state index in [0.29, 0.717) is 61.7 Å². The average Bonchev–Trinajstić information content (AvgIpc) is 3.46. The van der Waals surface area contributed by atoms with E-state index in [-0.39, 0.29) is 5.82 Å². The molecule has 3 aromatic heterocycles. The number of hydrogen-bond acceptors (Lipinski definition) is 7. The van der Waals surface area contributed by atoms with Crippen molar-refractivity contribution in [2.45, 2.75) is 20.3 Å². The zero-order valence-corrected chi connectivity index (χ0v) is 17.4. The number of morpholine rings is 1. The van der Waals surface area contributed by atoms with Gasteiger partial charge in [0.25, 0.3) is 5.95 Å². The summed E-state index contributed by atoms with van der Waals surface area (Å²) in [5.41, 5.74) is 2.66. The van der Waals surface area contributed by atoms with E-state index >= 15 is 0 Å². The van der Waals surface area contributed by atoms with E-state index in [9.17, 15) is 0 Å². The number of aromatic nitrogens is 6. The largest absolute Gasteiger partial charge is 0.479 e. The van der Waals surface area contributed by atoms with Gasteiger partial charge in [-0.25, -0.2) is 9.67 Å². The first-order valence-corrected chi connectivity index (χ1v) is 10.2. The molecule has 1 fully saturated rings. The lowest BCUT2D eigenvalue weighted by atomic mass is 10.1. The van der Waals surface area contributed by atoms with Crippen LogP contribution in [0.15, 0.2) is 36.5 Å². The summed E-state index contributed by atoms with van der Waals surface area (Å²) in [5, 5.41) is 4.56. The maximum absolute atomic E-state index is 7.97. The molecule has 0 atom stereocenters. The molecule has 1 saturated heterocycles. The van der Waals surface area contributed by atoms with Gasteiger partial charge in [-0.2, -0.15) is 9.97 Å². The number of anilines is 1. The fourth-order valence-electron chi connectivity index (χ4n) is 3.80. The van der Waals surface area contributed by atoms with Gasteiger partial charge < -0.3 is 18.9 Å². The van der Waals surface area contributed by atoms with Crippen LogP contribution in [0.5, 0.6) is 5.88 Å². The van der Waals surface area contributed by atoms with Crippen LogP contribution in [-0.2, 0) is 11.3 Å². The van der Waals surface area contributed by atoms with Gasteiger partial charge in [-0.1, -0.05) is 30.3 Å². The van der Waals surface area contributed by atoms with Crippen molar-refractivity contribution >= 4 is 17.0 Å². The number of benzene rings is 1. The number of fused-ring (bicyclic) bond motifs is 1. The smallest absolute Gasteiger partial charge is 0.254 e. The first kappa shape index (κ1) is 16.3. The molecule has 1 aliphatic rings. The first-order chi connectivity index (χ1) is 16.4. The molecule has 1 aliphatic heterocycles. The molecule has 0 bridgehead atoms. The van der Waals surface area contributed by atoms with Crippen LogP contribution in [0, 0.1) is 6.85 Å². The lowest BCUT2D eigenvalue weighted by Crippen LogP contribution is -2.37. The summed E-state index contributed by atoms with van der Waals surface area (Å²) in [6.45, 7) is 2.23. The Bertz CT molecular complexity index is 1310. The fraction of sp³-hybridized carbons (Fsp3) is 0.364. The number of nitrogens with zero attached hydrogens (tertiary/aromatic N) is 7. The van der Waals surface area contributed by atoms with Crippen LogP contribution in [0.3, 0.4) is 0 Å². The minimum Gasteiger partial charge on any atom is -0.479 e. The Balaban J connectivity index is 1.73. The van der Waals surface area contributed by atoms with Crippen molar-refractivity contribution in [2.24, 2.45) is 0 Å². The summed E-state index contributed by atoms with van der Waals surface area (Å²) in [6, 6.07) is 9.78. The van der Waals surface area contributed by atoms with Crippen molar-refractivity contribution in [1.82, 2.24) is 29.3 Å². The van der Waals surface area contributed by atoms with Gasteiger partial charge in [-0.05, 0) is 19.3 Å². The molecule has 0 saturated carbocycles. The lowest BCUT2D eigenvalue weighted by Gasteiger charge is -2.28. The van der Waals surface area contributed by atoms with Crippen LogP contribution in [-0.4, -0.2) is 62.7 Å². The average molecular weight is 423 g/mol. The highest BCUT2D eigenvalue weighted by Gasteiger charge is 2.23. The minimum atomic E-state index is -2.38. The Kier molecular flexibility index (Phi) is 4.19. The molecule has 0 spiro atoms. The summed E-state index contributed by atoms with van der Waals surface area (Å²) in [5.74, 6) is 1.31. The van der Waals surface area contributed by atoms with Crippen molar-refractivity contribution < 1.29 is 13.6 Å². The number of hydrogen-bond donors (Lipinski definition) is 0. The predicted molar refractivity (Wildman–Crippen MR) is 118 cm³/mol. The van der Waals surface area contributed by atoms with Crippen molar-refractivity contribution in [3.05, 3.63) is 42.4 Å². The number of ether oxygens (including phenoxy) is 2. The van der Waals surface area contributed by atoms with Gasteiger partial charge in [0.1, 0.15) is 5.82 Å². The highest BCUT2D eigenvalue weighted by atomic mass is 16.5. The number of rotatable bonds is 5. The molecule has 160 valence electrons. The molecule has 4 heterocycles. The molecule has 9 heteroatoms. The molecule has 0 radical (unpaired) electrons. The zero-order valence-electron chi connectivity index (χ0n) is 20.4. The second-order valence-corrected chi connectivity index (χ2v) is 7.16. The van der Waals surface area contributed by atoms with Gasteiger partial charge in [0.15, 0.2) is 17.0 Å². The third-order valence-electron chi connectivity index (χ3n) is 5.35. The molecular weight excluding hydrogens is 394 g/mol. The van der Waals surface area contributed by atoms with E-state index in [1.807, 2.05) is 48.4 Å². The monoisotopic (exact) mass is 422 g/mol. The summed E-state index contributed by atoms with van der Waals surface area (Å²) in [6.07, 6.45) is 1.82. The second-order valence-electron chi connectivity index (χ2n) is 7.16. The van der Waals surface area contributed by atoms with Crippen LogP contribution in [0.4, 0.5) is 5.82 Å². The third-order valence-corrected chi connectivity index (χ3v) is 5.35. The molecular formula is C22H25N7O2. The Morgan fingerprint density at radius 1 is 1.13 bits per heavy atom. The minimum absolute atomic E-state index is 0.00557. The molecule has 31 heavy (non-hydrogen) atoms. The van der Waals surface area contributed by atoms with E-state index in [1.54, 1.807) is 16.4 Å². The highest BCUT2D eigenvalue weighted by molar-refractivity contribution is 5.85. The van der Waals surface area contributed by atoms with E-state index in [2.05, 4.69) is 10.1 Å². The van der Waals surface area contributed by atoms with Crippen LogP contribution < -0.4 is 9.64 Å². The Labute approximate surface area is 184 Å². The normalized spacial score (nSPS) is 16.2. The third kappa shape index (κ3) is 3.40. The molecule has 1 aromatic carbocycles. The first-order valence-electron chi connectivity index (χ1n) is 11.7. The van der Waals surface area contributed by atoms with Crippen molar-refractivity contribution in [1.29, 1.82) is 0 Å². The summed E-state index contributed by atoms with van der Waals surface area (Å²) >= 11 is 0. The summed E-state index contributed by atoms with van der Waals surface area (Å²) < 4.78 is 38.1. The maximum Gasteiger partial charge on any atom is 0.254 e.